The van der Waals surface area contributed by atoms with Crippen molar-refractivity contribution in [2.24, 2.45) is 5.92 Å². The van der Waals surface area contributed by atoms with E-state index in [0.29, 0.717) is 16.0 Å². The smallest absolute Gasteiger partial charge is 0.173 e. The van der Waals surface area contributed by atoms with E-state index < -0.39 is 0 Å². The molecule has 0 saturated carbocycles. The van der Waals surface area contributed by atoms with Crippen molar-refractivity contribution in [3.8, 4) is 0 Å². The molecule has 1 heterocycles. The van der Waals surface area contributed by atoms with Gasteiger partial charge < -0.3 is 10.2 Å². The first-order valence-corrected chi connectivity index (χ1v) is 7.23. The molecule has 2 rings (SSSR count). The summed E-state index contributed by atoms with van der Waals surface area (Å²) in [7, 11) is 0. The molecule has 0 radical (unpaired) electrons. The average Bonchev–Trinajstić information content (AvgIpc) is 2.27. The van der Waals surface area contributed by atoms with Crippen LogP contribution in [0.1, 0.15) is 19.8 Å². The molecule has 18 heavy (non-hydrogen) atoms. The van der Waals surface area contributed by atoms with Crippen molar-refractivity contribution in [1.82, 2.24) is 4.90 Å². The van der Waals surface area contributed by atoms with E-state index in [4.69, 9.17) is 35.4 Å². The maximum Gasteiger partial charge on any atom is 0.173 e. The molecule has 5 heteroatoms. The molecule has 1 aromatic rings. The van der Waals surface area contributed by atoms with Crippen LogP contribution in [0.5, 0.6) is 0 Å². The van der Waals surface area contributed by atoms with E-state index in [1.807, 2.05) is 12.1 Å². The number of halogens is 2. The zero-order chi connectivity index (χ0) is 13.1. The predicted molar refractivity (Wildman–Crippen MR) is 82.7 cm³/mol. The molecular weight excluding hydrogens is 287 g/mol. The number of rotatable bonds is 1. The summed E-state index contributed by atoms with van der Waals surface area (Å²) in [5.41, 5.74) is 0.843. The standard InChI is InChI=1S/C13H16Cl2N2S/c1-9-3-2-4-17(8-9)13(18)16-12-6-10(14)5-11(15)7-12/h5-7,9H,2-4,8H2,1H3,(H,16,18)/t9-/m1/s1. The van der Waals surface area contributed by atoms with Crippen molar-refractivity contribution in [3.05, 3.63) is 28.2 Å². The van der Waals surface area contributed by atoms with Gasteiger partial charge in [-0.1, -0.05) is 30.1 Å². The lowest BCUT2D eigenvalue weighted by Gasteiger charge is -2.33. The van der Waals surface area contributed by atoms with Crippen molar-refractivity contribution in [1.29, 1.82) is 0 Å². The Hall–Kier alpha value is -0.510. The van der Waals surface area contributed by atoms with Crippen molar-refractivity contribution in [3.63, 3.8) is 0 Å². The molecule has 0 amide bonds. The Morgan fingerprint density at radius 3 is 2.61 bits per heavy atom. The first-order valence-electron chi connectivity index (χ1n) is 6.06. The molecule has 0 aromatic heterocycles. The van der Waals surface area contributed by atoms with Gasteiger partial charge in [-0.05, 0) is 49.2 Å². The van der Waals surface area contributed by atoms with E-state index in [1.165, 1.54) is 12.8 Å². The topological polar surface area (TPSA) is 15.3 Å². The lowest BCUT2D eigenvalue weighted by Crippen LogP contribution is -2.41. The van der Waals surface area contributed by atoms with Crippen LogP contribution in [-0.4, -0.2) is 23.1 Å². The summed E-state index contributed by atoms with van der Waals surface area (Å²) in [4.78, 5) is 2.21. The van der Waals surface area contributed by atoms with Crippen LogP contribution in [0.15, 0.2) is 18.2 Å². The third kappa shape index (κ3) is 3.74. The maximum atomic E-state index is 5.96. The highest BCUT2D eigenvalue weighted by molar-refractivity contribution is 7.80. The van der Waals surface area contributed by atoms with Gasteiger partial charge in [-0.3, -0.25) is 0 Å². The highest BCUT2D eigenvalue weighted by Crippen LogP contribution is 2.23. The van der Waals surface area contributed by atoms with E-state index in [0.717, 1.165) is 23.9 Å². The Bertz CT molecular complexity index is 430. The number of thiocarbonyl (C=S) groups is 1. The Balaban J connectivity index is 2.02. The van der Waals surface area contributed by atoms with Gasteiger partial charge in [0.25, 0.3) is 0 Å². The molecule has 0 aliphatic carbocycles. The number of nitrogens with one attached hydrogen (secondary N) is 1. The second-order valence-electron chi connectivity index (χ2n) is 4.78. The number of benzene rings is 1. The first-order chi connectivity index (χ1) is 8.54. The zero-order valence-corrected chi connectivity index (χ0v) is 12.6. The molecule has 2 nitrogen and oxygen atoms in total. The van der Waals surface area contributed by atoms with Crippen molar-refractivity contribution in [2.45, 2.75) is 19.8 Å². The van der Waals surface area contributed by atoms with Gasteiger partial charge in [0, 0.05) is 28.8 Å². The summed E-state index contributed by atoms with van der Waals surface area (Å²) in [5, 5.41) is 5.17. The minimum atomic E-state index is 0.611. The van der Waals surface area contributed by atoms with E-state index in [9.17, 15) is 0 Å². The van der Waals surface area contributed by atoms with E-state index in [1.54, 1.807) is 6.07 Å². The molecule has 1 atom stereocenters. The molecular formula is C13H16Cl2N2S. The van der Waals surface area contributed by atoms with Gasteiger partial charge in [0.15, 0.2) is 5.11 Å². The van der Waals surface area contributed by atoms with Crippen LogP contribution in [0, 0.1) is 5.92 Å². The normalized spacial score (nSPS) is 19.7. The molecule has 1 aliphatic heterocycles. The van der Waals surface area contributed by atoms with Crippen LogP contribution in [0.2, 0.25) is 10.0 Å². The van der Waals surface area contributed by atoms with Crippen LogP contribution in [0.3, 0.4) is 0 Å². The molecule has 98 valence electrons. The predicted octanol–water partition coefficient (Wildman–Crippen LogP) is 4.42. The Kier molecular flexibility index (Phi) is 4.71. The van der Waals surface area contributed by atoms with Crippen molar-refractivity contribution >= 4 is 46.2 Å². The molecule has 1 aliphatic rings. The number of anilines is 1. The second kappa shape index (κ2) is 6.09. The molecule has 1 N–H and O–H groups in total. The summed E-state index contributed by atoms with van der Waals surface area (Å²) in [6, 6.07) is 5.36. The summed E-state index contributed by atoms with van der Waals surface area (Å²) in [5.74, 6) is 0.696. The molecule has 0 bridgehead atoms. The van der Waals surface area contributed by atoms with Gasteiger partial charge in [0.05, 0.1) is 0 Å². The number of hydrogen-bond donors (Lipinski definition) is 1. The van der Waals surface area contributed by atoms with Crippen LogP contribution < -0.4 is 5.32 Å². The molecule has 1 saturated heterocycles. The lowest BCUT2D eigenvalue weighted by molar-refractivity contribution is 0.276. The van der Waals surface area contributed by atoms with Gasteiger partial charge in [-0.2, -0.15) is 0 Å². The zero-order valence-electron chi connectivity index (χ0n) is 10.2. The highest BCUT2D eigenvalue weighted by atomic mass is 35.5. The second-order valence-corrected chi connectivity index (χ2v) is 6.04. The quantitative estimate of drug-likeness (QED) is 0.773. The SMILES string of the molecule is C[C@@H]1CCCN(C(=S)Nc2cc(Cl)cc(Cl)c2)C1. The Morgan fingerprint density at radius 2 is 2.00 bits per heavy atom. The number of nitrogens with zero attached hydrogens (tertiary/aromatic N) is 1. The molecule has 1 fully saturated rings. The van der Waals surface area contributed by atoms with Crippen LogP contribution in [0.25, 0.3) is 0 Å². The van der Waals surface area contributed by atoms with Crippen LogP contribution >= 0.6 is 35.4 Å². The fourth-order valence-corrected chi connectivity index (χ4v) is 3.01. The number of hydrogen-bond acceptors (Lipinski definition) is 1. The minimum absolute atomic E-state index is 0.611. The molecule has 0 spiro atoms. The molecule has 1 aromatic carbocycles. The average molecular weight is 303 g/mol. The summed E-state index contributed by atoms with van der Waals surface area (Å²) in [6.07, 6.45) is 2.47. The Morgan fingerprint density at radius 1 is 1.33 bits per heavy atom. The van der Waals surface area contributed by atoms with E-state index in [2.05, 4.69) is 17.1 Å². The summed E-state index contributed by atoms with van der Waals surface area (Å²) >= 11 is 17.3. The van der Waals surface area contributed by atoms with Crippen LogP contribution in [-0.2, 0) is 0 Å². The van der Waals surface area contributed by atoms with E-state index in [-0.39, 0.29) is 0 Å². The third-order valence-electron chi connectivity index (χ3n) is 3.06. The van der Waals surface area contributed by atoms with Crippen LogP contribution in [0.4, 0.5) is 5.69 Å². The fraction of sp³-hybridized carbons (Fsp3) is 0.462. The largest absolute Gasteiger partial charge is 0.349 e. The maximum absolute atomic E-state index is 5.96. The molecule has 0 unspecified atom stereocenters. The number of likely N-dealkylation sites (tertiary alicyclic amines) is 1. The number of piperidine rings is 1. The van der Waals surface area contributed by atoms with Gasteiger partial charge in [-0.15, -0.1) is 0 Å². The Labute approximate surface area is 123 Å². The third-order valence-corrected chi connectivity index (χ3v) is 3.85. The lowest BCUT2D eigenvalue weighted by atomic mass is 10.0. The highest BCUT2D eigenvalue weighted by Gasteiger charge is 2.18. The van der Waals surface area contributed by atoms with E-state index >= 15 is 0 Å². The van der Waals surface area contributed by atoms with Gasteiger partial charge in [0.1, 0.15) is 0 Å². The van der Waals surface area contributed by atoms with Gasteiger partial charge in [0.2, 0.25) is 0 Å². The van der Waals surface area contributed by atoms with Gasteiger partial charge >= 0.3 is 0 Å². The first kappa shape index (κ1) is 13.9. The van der Waals surface area contributed by atoms with Crippen molar-refractivity contribution < 1.29 is 0 Å². The monoisotopic (exact) mass is 302 g/mol. The van der Waals surface area contributed by atoms with Crippen molar-refractivity contribution in [2.75, 3.05) is 18.4 Å². The minimum Gasteiger partial charge on any atom is -0.349 e. The fourth-order valence-electron chi connectivity index (χ4n) is 2.20. The summed E-state index contributed by atoms with van der Waals surface area (Å²) < 4.78 is 0. The summed E-state index contributed by atoms with van der Waals surface area (Å²) in [6.45, 7) is 4.29. The van der Waals surface area contributed by atoms with Gasteiger partial charge in [-0.25, -0.2) is 0 Å².